The minimum atomic E-state index is 0.457. The second-order valence-electron chi connectivity index (χ2n) is 3.27. The van der Waals surface area contributed by atoms with Gasteiger partial charge >= 0.3 is 0 Å². The van der Waals surface area contributed by atoms with E-state index in [1.165, 1.54) is 0 Å². The number of benzene rings is 1. The van der Waals surface area contributed by atoms with Crippen LogP contribution in [0.25, 0.3) is 0 Å². The zero-order chi connectivity index (χ0) is 11.7. The Morgan fingerprint density at radius 3 is 2.75 bits per heavy atom. The smallest absolute Gasteiger partial charge is 0.159 e. The number of hydrogen-bond donors (Lipinski definition) is 1. The number of rotatable bonds is 2. The predicted molar refractivity (Wildman–Crippen MR) is 69.9 cm³/mol. The number of nitrogens with zero attached hydrogens (tertiary/aromatic N) is 2. The average molecular weight is 321 g/mol. The Kier molecular flexibility index (Phi) is 3.42. The van der Waals surface area contributed by atoms with Crippen molar-refractivity contribution in [2.45, 2.75) is 6.54 Å². The van der Waals surface area contributed by atoms with Gasteiger partial charge in [-0.25, -0.2) is 0 Å². The van der Waals surface area contributed by atoms with Gasteiger partial charge in [0.2, 0.25) is 0 Å². The summed E-state index contributed by atoms with van der Waals surface area (Å²) in [5.41, 5.74) is 6.53. The molecular weight excluding hydrogens is 313 g/mol. The van der Waals surface area contributed by atoms with Crippen LogP contribution in [-0.2, 0) is 6.54 Å². The number of aromatic nitrogens is 2. The van der Waals surface area contributed by atoms with E-state index in [1.807, 2.05) is 12.1 Å². The van der Waals surface area contributed by atoms with Crippen LogP contribution in [0.3, 0.4) is 0 Å². The molecule has 0 aliphatic rings. The van der Waals surface area contributed by atoms with Gasteiger partial charge in [-0.05, 0) is 27.6 Å². The van der Waals surface area contributed by atoms with Crippen LogP contribution in [0.1, 0.15) is 5.56 Å². The van der Waals surface area contributed by atoms with Crippen molar-refractivity contribution in [2.75, 3.05) is 5.73 Å². The van der Waals surface area contributed by atoms with E-state index >= 15 is 0 Å². The molecule has 0 spiro atoms. The van der Waals surface area contributed by atoms with Gasteiger partial charge < -0.3 is 5.73 Å². The number of nitrogen functional groups attached to an aromatic ring is 1. The Morgan fingerprint density at radius 1 is 1.38 bits per heavy atom. The largest absolute Gasteiger partial charge is 0.381 e. The summed E-state index contributed by atoms with van der Waals surface area (Å²) in [7, 11) is 0. The zero-order valence-corrected chi connectivity index (χ0v) is 11.2. The first-order valence-electron chi connectivity index (χ1n) is 4.49. The van der Waals surface area contributed by atoms with Crippen molar-refractivity contribution in [3.05, 3.63) is 44.5 Å². The van der Waals surface area contributed by atoms with E-state index in [1.54, 1.807) is 16.9 Å². The molecule has 0 fully saturated rings. The minimum Gasteiger partial charge on any atom is -0.381 e. The molecule has 2 N–H and O–H groups in total. The summed E-state index contributed by atoms with van der Waals surface area (Å²) in [5, 5.41) is 5.21. The standard InChI is InChI=1S/C10H8BrCl2N3/c11-7-5-16(15-10(7)14)4-6-2-1-3-8(12)9(6)13/h1-3,5H,4H2,(H2,14,15). The molecule has 1 aromatic heterocycles. The predicted octanol–water partition coefficient (Wildman–Crippen LogP) is 3.58. The van der Waals surface area contributed by atoms with Crippen molar-refractivity contribution >= 4 is 44.9 Å². The molecular formula is C10H8BrCl2N3. The topological polar surface area (TPSA) is 43.8 Å². The Bertz CT molecular complexity index is 505. The summed E-state index contributed by atoms with van der Waals surface area (Å²) in [6.45, 7) is 0.537. The van der Waals surface area contributed by atoms with Crippen LogP contribution in [0, 0.1) is 0 Å². The summed E-state index contributed by atoms with van der Waals surface area (Å²) in [5.74, 6) is 0.457. The van der Waals surface area contributed by atoms with Crippen molar-refractivity contribution in [3.8, 4) is 0 Å². The normalized spacial score (nSPS) is 10.7. The van der Waals surface area contributed by atoms with E-state index in [2.05, 4.69) is 21.0 Å². The first-order chi connectivity index (χ1) is 7.58. The zero-order valence-electron chi connectivity index (χ0n) is 8.12. The van der Waals surface area contributed by atoms with Crippen LogP contribution in [0.15, 0.2) is 28.9 Å². The SMILES string of the molecule is Nc1nn(Cc2cccc(Cl)c2Cl)cc1Br. The molecule has 0 unspecified atom stereocenters. The van der Waals surface area contributed by atoms with Crippen LogP contribution in [-0.4, -0.2) is 9.78 Å². The quantitative estimate of drug-likeness (QED) is 0.919. The van der Waals surface area contributed by atoms with Crippen molar-refractivity contribution < 1.29 is 0 Å². The van der Waals surface area contributed by atoms with E-state index in [4.69, 9.17) is 28.9 Å². The fourth-order valence-electron chi connectivity index (χ4n) is 1.34. The maximum Gasteiger partial charge on any atom is 0.159 e. The minimum absolute atomic E-state index is 0.457. The number of halogens is 3. The molecule has 2 aromatic rings. The second-order valence-corrected chi connectivity index (χ2v) is 4.91. The lowest BCUT2D eigenvalue weighted by Crippen LogP contribution is -2.01. The maximum absolute atomic E-state index is 6.07. The van der Waals surface area contributed by atoms with E-state index in [9.17, 15) is 0 Å². The third-order valence-corrected chi connectivity index (χ3v) is 3.58. The highest BCUT2D eigenvalue weighted by Crippen LogP contribution is 2.26. The molecule has 84 valence electrons. The van der Waals surface area contributed by atoms with Gasteiger partial charge in [0.15, 0.2) is 5.82 Å². The molecule has 0 amide bonds. The van der Waals surface area contributed by atoms with Gasteiger partial charge in [0.05, 0.1) is 21.1 Å². The number of nitrogens with two attached hydrogens (primary N) is 1. The van der Waals surface area contributed by atoms with Crippen LogP contribution < -0.4 is 5.73 Å². The van der Waals surface area contributed by atoms with Gasteiger partial charge in [-0.3, -0.25) is 4.68 Å². The molecule has 0 radical (unpaired) electrons. The van der Waals surface area contributed by atoms with Crippen LogP contribution in [0.2, 0.25) is 10.0 Å². The molecule has 6 heteroatoms. The summed E-state index contributed by atoms with van der Waals surface area (Å²) >= 11 is 15.3. The Hall–Kier alpha value is -0.710. The van der Waals surface area contributed by atoms with Crippen molar-refractivity contribution in [1.82, 2.24) is 9.78 Å². The average Bonchev–Trinajstić information content (AvgIpc) is 2.54. The highest BCUT2D eigenvalue weighted by molar-refractivity contribution is 9.10. The maximum atomic E-state index is 6.07. The van der Waals surface area contributed by atoms with Gasteiger partial charge in [-0.2, -0.15) is 5.10 Å². The molecule has 0 aliphatic carbocycles. The third-order valence-electron chi connectivity index (χ3n) is 2.11. The molecule has 0 saturated heterocycles. The van der Waals surface area contributed by atoms with E-state index in [0.29, 0.717) is 22.4 Å². The lowest BCUT2D eigenvalue weighted by atomic mass is 10.2. The lowest BCUT2D eigenvalue weighted by Gasteiger charge is -2.05. The van der Waals surface area contributed by atoms with Crippen LogP contribution in [0.5, 0.6) is 0 Å². The van der Waals surface area contributed by atoms with Crippen molar-refractivity contribution in [1.29, 1.82) is 0 Å². The number of hydrogen-bond acceptors (Lipinski definition) is 2. The molecule has 0 atom stereocenters. The third kappa shape index (κ3) is 2.34. The van der Waals surface area contributed by atoms with Crippen molar-refractivity contribution in [3.63, 3.8) is 0 Å². The molecule has 1 aromatic carbocycles. The Balaban J connectivity index is 2.30. The fraction of sp³-hybridized carbons (Fsp3) is 0.100. The second kappa shape index (κ2) is 4.65. The fourth-order valence-corrected chi connectivity index (χ4v) is 2.03. The Morgan fingerprint density at radius 2 is 2.12 bits per heavy atom. The summed E-state index contributed by atoms with van der Waals surface area (Å²) in [6.07, 6.45) is 1.80. The molecule has 1 heterocycles. The highest BCUT2D eigenvalue weighted by atomic mass is 79.9. The van der Waals surface area contributed by atoms with Gasteiger partial charge in [0, 0.05) is 6.20 Å². The summed E-state index contributed by atoms with van der Waals surface area (Å²) in [4.78, 5) is 0. The van der Waals surface area contributed by atoms with Gasteiger partial charge in [-0.15, -0.1) is 0 Å². The molecule has 3 nitrogen and oxygen atoms in total. The monoisotopic (exact) mass is 319 g/mol. The molecule has 2 rings (SSSR count). The first-order valence-corrected chi connectivity index (χ1v) is 6.04. The van der Waals surface area contributed by atoms with Crippen LogP contribution >= 0.6 is 39.1 Å². The first kappa shape index (κ1) is 11.8. The molecule has 16 heavy (non-hydrogen) atoms. The van der Waals surface area contributed by atoms with Gasteiger partial charge in [0.25, 0.3) is 0 Å². The Labute approximate surface area is 111 Å². The van der Waals surface area contributed by atoms with Gasteiger partial charge in [-0.1, -0.05) is 35.3 Å². The highest BCUT2D eigenvalue weighted by Gasteiger charge is 2.07. The molecule has 0 bridgehead atoms. The number of anilines is 1. The summed E-state index contributed by atoms with van der Waals surface area (Å²) < 4.78 is 2.47. The molecule has 0 aliphatic heterocycles. The van der Waals surface area contributed by atoms with Crippen LogP contribution in [0.4, 0.5) is 5.82 Å². The van der Waals surface area contributed by atoms with Crippen molar-refractivity contribution in [2.24, 2.45) is 0 Å². The summed E-state index contributed by atoms with van der Waals surface area (Å²) in [6, 6.07) is 5.51. The van der Waals surface area contributed by atoms with Gasteiger partial charge in [0.1, 0.15) is 0 Å². The lowest BCUT2D eigenvalue weighted by molar-refractivity contribution is 0.690. The van der Waals surface area contributed by atoms with E-state index in [-0.39, 0.29) is 0 Å². The van der Waals surface area contributed by atoms with E-state index in [0.717, 1.165) is 10.0 Å². The van der Waals surface area contributed by atoms with E-state index < -0.39 is 0 Å². The molecule has 0 saturated carbocycles.